The van der Waals surface area contributed by atoms with E-state index in [-0.39, 0.29) is 23.3 Å². The maximum Gasteiger partial charge on any atom is 0.264 e. The van der Waals surface area contributed by atoms with E-state index in [1.54, 1.807) is 31.2 Å². The zero-order valence-electron chi connectivity index (χ0n) is 25.1. The van der Waals surface area contributed by atoms with Gasteiger partial charge in [0.2, 0.25) is 10.0 Å². The summed E-state index contributed by atoms with van der Waals surface area (Å²) in [6.45, 7) is 9.13. The standard InChI is InChI=1S/C34H43ClN2O5S/c1-4-16-34(39)17-7-8-23(2)24(3)43(40,41)36-33(38)26-12-15-32-31(20-26)37(21-27-11-14-30(27)34)18-6-5-9-25-19-29(35)13-10-28(25)22-42-32/h4,7,10,12-13,15,17,19-20,23-24,27,30,39H,1,5-6,8-9,11,14,16,18,21-22H2,2-3H3,(H,36,38)/b17-7+/t23-,24+,27-,30+,34+/m0/s1. The number of rotatable bonds is 2. The van der Waals surface area contributed by atoms with Crippen molar-refractivity contribution in [2.24, 2.45) is 17.8 Å². The van der Waals surface area contributed by atoms with E-state index < -0.39 is 26.8 Å². The van der Waals surface area contributed by atoms with E-state index in [4.69, 9.17) is 16.3 Å². The predicted molar refractivity (Wildman–Crippen MR) is 172 cm³/mol. The third-order valence-corrected chi connectivity index (χ3v) is 11.8. The first-order valence-electron chi connectivity index (χ1n) is 15.4. The third-order valence-electron chi connectivity index (χ3n) is 9.66. The number of carbonyl (C=O) groups is 1. The minimum Gasteiger partial charge on any atom is -0.487 e. The van der Waals surface area contributed by atoms with Crippen LogP contribution in [0.25, 0.3) is 0 Å². The number of benzene rings is 2. The Kier molecular flexibility index (Phi) is 9.59. The Morgan fingerprint density at radius 2 is 1.98 bits per heavy atom. The number of amides is 1. The molecule has 1 aliphatic carbocycles. The third kappa shape index (κ3) is 6.97. The summed E-state index contributed by atoms with van der Waals surface area (Å²) >= 11 is 6.32. The van der Waals surface area contributed by atoms with Crippen molar-refractivity contribution >= 4 is 33.2 Å². The molecule has 43 heavy (non-hydrogen) atoms. The molecular weight excluding hydrogens is 584 g/mol. The fourth-order valence-corrected chi connectivity index (χ4v) is 8.13. The van der Waals surface area contributed by atoms with Crippen LogP contribution in [-0.2, 0) is 23.1 Å². The molecule has 2 aromatic carbocycles. The fourth-order valence-electron chi connectivity index (χ4n) is 6.65. The molecule has 1 fully saturated rings. The smallest absolute Gasteiger partial charge is 0.264 e. The number of aliphatic hydroxyl groups is 1. The monoisotopic (exact) mass is 626 g/mol. The van der Waals surface area contributed by atoms with E-state index in [1.165, 1.54) is 0 Å². The van der Waals surface area contributed by atoms with Crippen LogP contribution in [0.2, 0.25) is 5.02 Å². The lowest BCUT2D eigenvalue weighted by molar-refractivity contribution is -0.0427. The molecule has 5 atom stereocenters. The van der Waals surface area contributed by atoms with Crippen LogP contribution >= 0.6 is 11.6 Å². The van der Waals surface area contributed by atoms with Crippen molar-refractivity contribution in [2.75, 3.05) is 18.0 Å². The molecular formula is C34H43ClN2O5S. The average Bonchev–Trinajstić information content (AvgIpc) is 2.97. The molecule has 3 aliphatic rings. The van der Waals surface area contributed by atoms with Gasteiger partial charge in [-0.1, -0.05) is 42.8 Å². The first-order valence-corrected chi connectivity index (χ1v) is 17.3. The summed E-state index contributed by atoms with van der Waals surface area (Å²) in [5, 5.41) is 11.8. The van der Waals surface area contributed by atoms with Gasteiger partial charge in [-0.2, -0.15) is 0 Å². The van der Waals surface area contributed by atoms with Gasteiger partial charge in [0.05, 0.1) is 16.5 Å². The maximum atomic E-state index is 13.4. The quantitative estimate of drug-likeness (QED) is 0.373. The second kappa shape index (κ2) is 13.0. The molecule has 1 saturated carbocycles. The average molecular weight is 627 g/mol. The Labute approximate surface area is 261 Å². The van der Waals surface area contributed by atoms with Crippen molar-refractivity contribution in [1.29, 1.82) is 0 Å². The van der Waals surface area contributed by atoms with E-state index in [9.17, 15) is 18.3 Å². The zero-order chi connectivity index (χ0) is 30.8. The highest BCUT2D eigenvalue weighted by molar-refractivity contribution is 7.90. The van der Waals surface area contributed by atoms with Crippen LogP contribution in [0.4, 0.5) is 5.69 Å². The van der Waals surface area contributed by atoms with Gasteiger partial charge < -0.3 is 14.7 Å². The molecule has 0 spiro atoms. The number of nitrogens with one attached hydrogen (secondary N) is 1. The lowest BCUT2D eigenvalue weighted by Gasteiger charge is -2.48. The highest BCUT2D eigenvalue weighted by Gasteiger charge is 2.45. The molecule has 0 aromatic heterocycles. The summed E-state index contributed by atoms with van der Waals surface area (Å²) in [7, 11) is -3.95. The van der Waals surface area contributed by atoms with Gasteiger partial charge in [-0.15, -0.1) is 6.58 Å². The molecule has 232 valence electrons. The van der Waals surface area contributed by atoms with E-state index >= 15 is 0 Å². The number of allylic oxidation sites excluding steroid dienone is 1. The SMILES string of the molecule is C=CC[C@@]1(O)/C=C/C[C@H](C)[C@@H](C)S(=O)(=O)NC(=O)c2ccc3c(c2)N(CCCCc2cc(Cl)ccc2CO3)C[C@@H]2CC[C@H]21. The lowest BCUT2D eigenvalue weighted by Crippen LogP contribution is -2.50. The molecule has 2 aromatic rings. The van der Waals surface area contributed by atoms with E-state index in [2.05, 4.69) is 16.2 Å². The van der Waals surface area contributed by atoms with Crippen molar-refractivity contribution < 1.29 is 23.1 Å². The number of halogens is 1. The highest BCUT2D eigenvalue weighted by Crippen LogP contribution is 2.46. The summed E-state index contributed by atoms with van der Waals surface area (Å²) in [4.78, 5) is 15.6. The molecule has 2 heterocycles. The molecule has 2 aliphatic heterocycles. The Balaban J connectivity index is 1.57. The Morgan fingerprint density at radius 1 is 1.16 bits per heavy atom. The number of carbonyl (C=O) groups excluding carboxylic acids is 1. The zero-order valence-corrected chi connectivity index (χ0v) is 26.7. The molecule has 2 N–H and O–H groups in total. The van der Waals surface area contributed by atoms with E-state index in [1.807, 2.05) is 37.3 Å². The van der Waals surface area contributed by atoms with Crippen molar-refractivity contribution in [1.82, 2.24) is 4.72 Å². The summed E-state index contributed by atoms with van der Waals surface area (Å²) in [5.41, 5.74) is 2.18. The van der Waals surface area contributed by atoms with E-state index in [0.717, 1.165) is 55.5 Å². The lowest BCUT2D eigenvalue weighted by atomic mass is 9.63. The fraction of sp³-hybridized carbons (Fsp3) is 0.500. The van der Waals surface area contributed by atoms with Crippen LogP contribution < -0.4 is 14.4 Å². The van der Waals surface area contributed by atoms with Gasteiger partial charge in [-0.25, -0.2) is 13.1 Å². The minimum atomic E-state index is -3.95. The van der Waals surface area contributed by atoms with Crippen molar-refractivity contribution in [3.63, 3.8) is 0 Å². The van der Waals surface area contributed by atoms with Gasteiger partial charge in [-0.3, -0.25) is 4.79 Å². The number of aryl methyl sites for hydroxylation is 1. The first-order chi connectivity index (χ1) is 20.5. The number of anilines is 1. The topological polar surface area (TPSA) is 95.9 Å². The van der Waals surface area contributed by atoms with Crippen molar-refractivity contribution in [3.05, 3.63) is 82.9 Å². The Morgan fingerprint density at radius 3 is 2.72 bits per heavy atom. The van der Waals surface area contributed by atoms with E-state index in [0.29, 0.717) is 36.8 Å². The minimum absolute atomic E-state index is 0.0338. The molecule has 5 rings (SSSR count). The Bertz CT molecular complexity index is 1490. The molecule has 0 unspecified atom stereocenters. The number of nitrogens with zero attached hydrogens (tertiary/aromatic N) is 1. The van der Waals surface area contributed by atoms with Gasteiger partial charge in [0.1, 0.15) is 12.4 Å². The number of sulfonamides is 1. The molecule has 1 amide bonds. The second-order valence-corrected chi connectivity index (χ2v) is 15.0. The second-order valence-electron chi connectivity index (χ2n) is 12.5. The number of ether oxygens (including phenoxy) is 1. The predicted octanol–water partition coefficient (Wildman–Crippen LogP) is 6.44. The van der Waals surface area contributed by atoms with Crippen LogP contribution in [-0.4, -0.2) is 43.4 Å². The van der Waals surface area contributed by atoms with Crippen LogP contribution in [0.1, 0.15) is 73.9 Å². The Hall–Kier alpha value is -2.81. The van der Waals surface area contributed by atoms with Gasteiger partial charge in [0.25, 0.3) is 5.91 Å². The summed E-state index contributed by atoms with van der Waals surface area (Å²) in [6.07, 6.45) is 11.0. The molecule has 0 radical (unpaired) electrons. The number of hydrogen-bond donors (Lipinski definition) is 2. The maximum absolute atomic E-state index is 13.4. The van der Waals surface area contributed by atoms with Gasteiger partial charge >= 0.3 is 0 Å². The highest BCUT2D eigenvalue weighted by atomic mass is 35.5. The molecule has 9 heteroatoms. The van der Waals surface area contributed by atoms with Gasteiger partial charge in [-0.05, 0) is 111 Å². The van der Waals surface area contributed by atoms with Crippen LogP contribution in [0.3, 0.4) is 0 Å². The van der Waals surface area contributed by atoms with Gasteiger partial charge in [0, 0.05) is 23.7 Å². The molecule has 0 saturated heterocycles. The molecule has 2 bridgehead atoms. The summed E-state index contributed by atoms with van der Waals surface area (Å²) < 4.78 is 35.2. The first kappa shape index (κ1) is 31.6. The molecule has 7 nitrogen and oxygen atoms in total. The van der Waals surface area contributed by atoms with Gasteiger partial charge in [0.15, 0.2) is 0 Å². The summed E-state index contributed by atoms with van der Waals surface area (Å²) in [6, 6.07) is 11.0. The summed E-state index contributed by atoms with van der Waals surface area (Å²) in [5.74, 6) is -0.0333. The number of hydrogen-bond acceptors (Lipinski definition) is 6. The normalized spacial score (nSPS) is 30.2. The van der Waals surface area contributed by atoms with Crippen LogP contribution in [0, 0.1) is 17.8 Å². The number of fused-ring (bicyclic) bond motifs is 3. The van der Waals surface area contributed by atoms with Crippen LogP contribution in [0.15, 0.2) is 61.2 Å². The van der Waals surface area contributed by atoms with Crippen LogP contribution in [0.5, 0.6) is 5.75 Å². The largest absolute Gasteiger partial charge is 0.487 e. The van der Waals surface area contributed by atoms with Crippen molar-refractivity contribution in [2.45, 2.75) is 76.3 Å². The van der Waals surface area contributed by atoms with Crippen molar-refractivity contribution in [3.8, 4) is 5.75 Å².